The zero-order valence-electron chi connectivity index (χ0n) is 39.4. The van der Waals surface area contributed by atoms with E-state index in [0.29, 0.717) is 0 Å². The van der Waals surface area contributed by atoms with E-state index in [1.807, 2.05) is 0 Å². The zero-order chi connectivity index (χ0) is 46.3. The Bertz CT molecular complexity index is 4030. The first-order chi connectivity index (χ1) is 33.6. The van der Waals surface area contributed by atoms with E-state index in [2.05, 4.69) is 251 Å². The Kier molecular flexibility index (Phi) is 8.31. The molecule has 14 rings (SSSR count). The van der Waals surface area contributed by atoms with Gasteiger partial charge >= 0.3 is 0 Å². The average Bonchev–Trinajstić information content (AvgIpc) is 3.90. The third-order valence-electron chi connectivity index (χ3n) is 16.1. The molecule has 0 amide bonds. The van der Waals surface area contributed by atoms with Crippen molar-refractivity contribution in [1.82, 2.24) is 0 Å². The van der Waals surface area contributed by atoms with Crippen LogP contribution in [0.15, 0.2) is 219 Å². The Balaban J connectivity index is 0.915. The lowest BCUT2D eigenvalue weighted by Crippen LogP contribution is -2.18. The minimum atomic E-state index is -0.263. The Labute approximate surface area is 404 Å². The highest BCUT2D eigenvalue weighted by molar-refractivity contribution is 6.25. The third-order valence-corrected chi connectivity index (χ3v) is 16.1. The number of nitrogens with zero attached hydrogens (tertiary/aromatic N) is 1. The van der Waals surface area contributed by atoms with Crippen molar-refractivity contribution in [1.29, 1.82) is 0 Å². The molecule has 0 aliphatic heterocycles. The van der Waals surface area contributed by atoms with Crippen molar-refractivity contribution in [3.8, 4) is 55.6 Å². The Morgan fingerprint density at radius 3 is 1.38 bits per heavy atom. The summed E-state index contributed by atoms with van der Waals surface area (Å²) in [5, 5.41) is 7.69. The molecular formula is C68H49N. The fourth-order valence-electron chi connectivity index (χ4n) is 12.7. The van der Waals surface area contributed by atoms with Gasteiger partial charge < -0.3 is 4.90 Å². The minimum Gasteiger partial charge on any atom is -0.310 e. The number of hydrogen-bond acceptors (Lipinski definition) is 1. The summed E-state index contributed by atoms with van der Waals surface area (Å²) in [5.41, 5.74) is 24.7. The van der Waals surface area contributed by atoms with Gasteiger partial charge in [0.1, 0.15) is 0 Å². The smallest absolute Gasteiger partial charge is 0.0468 e. The van der Waals surface area contributed by atoms with E-state index in [4.69, 9.17) is 0 Å². The van der Waals surface area contributed by atoms with Crippen LogP contribution in [0.2, 0.25) is 0 Å². The van der Waals surface area contributed by atoms with Crippen LogP contribution in [0.1, 0.15) is 61.1 Å². The van der Waals surface area contributed by atoms with Crippen LogP contribution >= 0.6 is 0 Å². The van der Waals surface area contributed by atoms with E-state index >= 15 is 0 Å². The van der Waals surface area contributed by atoms with Crippen LogP contribution in [-0.4, -0.2) is 0 Å². The molecule has 3 aliphatic rings. The highest BCUT2D eigenvalue weighted by atomic mass is 15.1. The van der Waals surface area contributed by atoms with Crippen LogP contribution in [-0.2, 0) is 10.8 Å². The van der Waals surface area contributed by atoms with E-state index in [-0.39, 0.29) is 10.8 Å². The van der Waals surface area contributed by atoms with Gasteiger partial charge in [0.2, 0.25) is 0 Å². The molecule has 3 aliphatic carbocycles. The summed E-state index contributed by atoms with van der Waals surface area (Å²) in [6.07, 6.45) is 0. The topological polar surface area (TPSA) is 3.24 Å². The molecule has 0 unspecified atom stereocenters. The lowest BCUT2D eigenvalue weighted by atomic mass is 9.81. The summed E-state index contributed by atoms with van der Waals surface area (Å²) >= 11 is 0. The normalized spacial score (nSPS) is 14.3. The second kappa shape index (κ2) is 14.4. The summed E-state index contributed by atoms with van der Waals surface area (Å²) in [5.74, 6) is 0. The number of anilines is 3. The van der Waals surface area contributed by atoms with Crippen LogP contribution in [0.25, 0.3) is 93.5 Å². The van der Waals surface area contributed by atoms with E-state index in [9.17, 15) is 0 Å². The van der Waals surface area contributed by atoms with E-state index < -0.39 is 0 Å². The van der Waals surface area contributed by atoms with Crippen molar-refractivity contribution in [2.75, 3.05) is 4.90 Å². The monoisotopic (exact) mass is 879 g/mol. The van der Waals surface area contributed by atoms with E-state index in [1.165, 1.54) is 121 Å². The molecule has 11 aromatic carbocycles. The molecule has 0 atom stereocenters. The highest BCUT2D eigenvalue weighted by Crippen LogP contribution is 2.55. The lowest BCUT2D eigenvalue weighted by Gasteiger charge is -2.30. The summed E-state index contributed by atoms with van der Waals surface area (Å²) in [4.78, 5) is 2.48. The van der Waals surface area contributed by atoms with Gasteiger partial charge in [0.05, 0.1) is 0 Å². The molecule has 1 heteroatoms. The molecule has 11 aromatic rings. The van der Waals surface area contributed by atoms with E-state index in [0.717, 1.165) is 22.6 Å². The van der Waals surface area contributed by atoms with Gasteiger partial charge in [-0.15, -0.1) is 0 Å². The molecular weight excluding hydrogens is 831 g/mol. The second-order valence-corrected chi connectivity index (χ2v) is 20.5. The maximum absolute atomic E-state index is 4.63. The summed E-state index contributed by atoms with van der Waals surface area (Å²) in [7, 11) is 0. The van der Waals surface area contributed by atoms with Gasteiger partial charge in [0.15, 0.2) is 0 Å². The van der Waals surface area contributed by atoms with Gasteiger partial charge in [-0.25, -0.2) is 0 Å². The molecule has 0 aromatic heterocycles. The quantitative estimate of drug-likeness (QED) is 0.156. The standard InChI is InChI=1S/C68H49N/c1-41-48-19-9-10-20-49(48)52-32-28-45(38-59(41)52)69(46-29-33-55-53-23-15-16-26-62(53)67(2,3)64(55)39-46)47-30-34-56-54-31-27-43(37-63(54)68(4,5)65(56)40-47)61-36-44-35-60(42-17-7-6-8-18-42)50-21-11-13-24-57(50)66(44)58-25-14-12-22-51(58)61/h6-40H,1H2,2-5H3. The van der Waals surface area contributed by atoms with Gasteiger partial charge in [-0.05, 0) is 182 Å². The third kappa shape index (κ3) is 5.65. The van der Waals surface area contributed by atoms with Crippen LogP contribution in [0.3, 0.4) is 0 Å². The molecule has 0 fully saturated rings. The largest absolute Gasteiger partial charge is 0.310 e. The van der Waals surface area contributed by atoms with Crippen LogP contribution < -0.4 is 4.90 Å². The van der Waals surface area contributed by atoms with Crippen molar-refractivity contribution in [2.24, 2.45) is 0 Å². The predicted molar refractivity (Wildman–Crippen MR) is 293 cm³/mol. The number of rotatable bonds is 5. The minimum absolute atomic E-state index is 0.130. The number of fused-ring (bicyclic) bond motifs is 14. The van der Waals surface area contributed by atoms with Crippen molar-refractivity contribution in [3.63, 3.8) is 0 Å². The maximum Gasteiger partial charge on any atom is 0.0468 e. The number of benzene rings is 11. The van der Waals surface area contributed by atoms with Crippen LogP contribution in [0, 0.1) is 0 Å². The molecule has 0 N–H and O–H groups in total. The fraction of sp³-hybridized carbons (Fsp3) is 0.0882. The predicted octanol–water partition coefficient (Wildman–Crippen LogP) is 18.6. The van der Waals surface area contributed by atoms with Crippen LogP contribution in [0.4, 0.5) is 17.1 Å². The molecule has 0 spiro atoms. The molecule has 69 heavy (non-hydrogen) atoms. The summed E-state index contributed by atoms with van der Waals surface area (Å²) < 4.78 is 0. The van der Waals surface area contributed by atoms with Crippen LogP contribution in [0.5, 0.6) is 0 Å². The average molecular weight is 880 g/mol. The lowest BCUT2D eigenvalue weighted by molar-refractivity contribution is 0.660. The Morgan fingerprint density at radius 2 is 0.739 bits per heavy atom. The first-order valence-electron chi connectivity index (χ1n) is 24.4. The van der Waals surface area contributed by atoms with Crippen molar-refractivity contribution in [3.05, 3.63) is 252 Å². The molecule has 1 nitrogen and oxygen atoms in total. The fourth-order valence-corrected chi connectivity index (χ4v) is 12.7. The first-order valence-corrected chi connectivity index (χ1v) is 24.4. The van der Waals surface area contributed by atoms with Crippen molar-refractivity contribution in [2.45, 2.75) is 38.5 Å². The van der Waals surface area contributed by atoms with Crippen molar-refractivity contribution >= 4 is 55.0 Å². The van der Waals surface area contributed by atoms with Gasteiger partial charge in [-0.3, -0.25) is 0 Å². The molecule has 0 radical (unpaired) electrons. The van der Waals surface area contributed by atoms with Crippen molar-refractivity contribution < 1.29 is 0 Å². The molecule has 0 heterocycles. The van der Waals surface area contributed by atoms with Gasteiger partial charge in [0.25, 0.3) is 0 Å². The Morgan fingerprint density at radius 1 is 0.304 bits per heavy atom. The summed E-state index contributed by atoms with van der Waals surface area (Å²) in [6, 6.07) is 79.7. The molecule has 326 valence electrons. The maximum atomic E-state index is 4.63. The molecule has 0 saturated carbocycles. The van der Waals surface area contributed by atoms with Gasteiger partial charge in [-0.1, -0.05) is 192 Å². The highest BCUT2D eigenvalue weighted by Gasteiger charge is 2.38. The van der Waals surface area contributed by atoms with Gasteiger partial charge in [-0.2, -0.15) is 0 Å². The molecule has 0 bridgehead atoms. The SMILES string of the molecule is C=C1c2ccccc2-c2ccc(N(c3ccc4c(c3)C(C)(C)c3ccccc3-4)c3ccc4c(c3)C(C)(C)c3cc(-c5cc6cc(-c7ccccc7)c7ccccc7c6c6ccccc56)ccc3-4)cc21. The first kappa shape index (κ1) is 39.9. The zero-order valence-corrected chi connectivity index (χ0v) is 39.4. The van der Waals surface area contributed by atoms with Gasteiger partial charge in [0, 0.05) is 27.9 Å². The van der Waals surface area contributed by atoms with E-state index in [1.54, 1.807) is 0 Å². The Hall–Kier alpha value is -8.26. The number of hydrogen-bond donors (Lipinski definition) is 0. The second-order valence-electron chi connectivity index (χ2n) is 20.5. The molecule has 0 saturated heterocycles. The summed E-state index contributed by atoms with van der Waals surface area (Å²) in [6.45, 7) is 14.2.